The number of benzene rings is 1. The van der Waals surface area contributed by atoms with Crippen molar-refractivity contribution in [3.8, 4) is 0 Å². The Morgan fingerprint density at radius 1 is 1.12 bits per heavy atom. The van der Waals surface area contributed by atoms with Crippen molar-refractivity contribution in [1.82, 2.24) is 4.90 Å². The Hall–Kier alpha value is -2.43. The van der Waals surface area contributed by atoms with Gasteiger partial charge in [-0.3, -0.25) is 19.3 Å². The summed E-state index contributed by atoms with van der Waals surface area (Å²) in [7, 11) is 0. The van der Waals surface area contributed by atoms with Gasteiger partial charge in [0.2, 0.25) is 17.7 Å². The van der Waals surface area contributed by atoms with Crippen molar-refractivity contribution in [2.45, 2.75) is 19.8 Å². The number of anilines is 1. The van der Waals surface area contributed by atoms with E-state index < -0.39 is 0 Å². The molecule has 1 heterocycles. The third-order valence-corrected chi connectivity index (χ3v) is 5.54. The van der Waals surface area contributed by atoms with Crippen molar-refractivity contribution in [1.29, 1.82) is 0 Å². The van der Waals surface area contributed by atoms with Crippen LogP contribution in [0.3, 0.4) is 0 Å². The molecule has 3 amide bonds. The number of nitrogens with one attached hydrogen (secondary N) is 1. The number of aryl methyl sites for hydroxylation is 1. The lowest BCUT2D eigenvalue weighted by Gasteiger charge is -2.17. The minimum Gasteiger partial charge on any atom is -0.324 e. The molecular weight excluding hydrogens is 304 g/mol. The first-order valence-electron chi connectivity index (χ1n) is 8.51. The van der Waals surface area contributed by atoms with Gasteiger partial charge in [0.15, 0.2) is 0 Å². The van der Waals surface area contributed by atoms with E-state index in [-0.39, 0.29) is 47.9 Å². The van der Waals surface area contributed by atoms with Gasteiger partial charge >= 0.3 is 0 Å². The maximum Gasteiger partial charge on any atom is 0.244 e. The number of carbonyl (C=O) groups excluding carboxylic acids is 3. The SMILES string of the molecule is CCc1ccccc1NC(=O)CN1C(=O)[C@H]2[C@H](C1=O)[C@H]1C=C[C@H]2C1. The van der Waals surface area contributed by atoms with Gasteiger partial charge in [-0.1, -0.05) is 37.3 Å². The first-order chi connectivity index (χ1) is 11.6. The molecule has 0 spiro atoms. The van der Waals surface area contributed by atoms with E-state index in [4.69, 9.17) is 0 Å². The highest BCUT2D eigenvalue weighted by Crippen LogP contribution is 2.52. The Morgan fingerprint density at radius 3 is 2.38 bits per heavy atom. The number of fused-ring (bicyclic) bond motifs is 5. The van der Waals surface area contributed by atoms with E-state index >= 15 is 0 Å². The molecule has 2 bridgehead atoms. The number of carbonyl (C=O) groups is 3. The Balaban J connectivity index is 1.47. The van der Waals surface area contributed by atoms with Gasteiger partial charge in [0.1, 0.15) is 6.54 Å². The molecule has 0 aromatic heterocycles. The standard InChI is InChI=1S/C19H20N2O3/c1-2-11-5-3-4-6-14(11)20-15(22)10-21-18(23)16-12-7-8-13(9-12)17(16)19(21)24/h3-8,12-13,16-17H,2,9-10H2,1H3,(H,20,22)/t12-,13-,16+,17+/m0/s1. The van der Waals surface area contributed by atoms with Crippen molar-refractivity contribution < 1.29 is 14.4 Å². The van der Waals surface area contributed by atoms with E-state index in [0.29, 0.717) is 0 Å². The smallest absolute Gasteiger partial charge is 0.244 e. The van der Waals surface area contributed by atoms with Crippen LogP contribution >= 0.6 is 0 Å². The summed E-state index contributed by atoms with van der Waals surface area (Å²) in [6.45, 7) is 1.82. The second-order valence-corrected chi connectivity index (χ2v) is 6.82. The molecule has 24 heavy (non-hydrogen) atoms. The van der Waals surface area contributed by atoms with E-state index in [1.807, 2.05) is 31.2 Å². The molecule has 5 heteroatoms. The molecule has 5 nitrogen and oxygen atoms in total. The third-order valence-electron chi connectivity index (χ3n) is 5.54. The number of para-hydroxylation sites is 1. The molecule has 1 aliphatic heterocycles. The molecule has 2 aliphatic carbocycles. The van der Waals surface area contributed by atoms with Gasteiger partial charge in [-0.15, -0.1) is 0 Å². The molecule has 124 valence electrons. The van der Waals surface area contributed by atoms with Crippen molar-refractivity contribution in [2.75, 3.05) is 11.9 Å². The number of hydrogen-bond donors (Lipinski definition) is 1. The Bertz CT molecular complexity index is 725. The first-order valence-corrected chi connectivity index (χ1v) is 8.51. The largest absolute Gasteiger partial charge is 0.324 e. The summed E-state index contributed by atoms with van der Waals surface area (Å²) in [6, 6.07) is 7.57. The minimum atomic E-state index is -0.321. The molecular formula is C19H20N2O3. The van der Waals surface area contributed by atoms with E-state index in [2.05, 4.69) is 17.5 Å². The third kappa shape index (κ3) is 2.19. The Labute approximate surface area is 140 Å². The van der Waals surface area contributed by atoms with Crippen molar-refractivity contribution in [3.05, 3.63) is 42.0 Å². The van der Waals surface area contributed by atoms with Crippen molar-refractivity contribution in [3.63, 3.8) is 0 Å². The Kier molecular flexibility index (Phi) is 3.52. The summed E-state index contributed by atoms with van der Waals surface area (Å²) >= 11 is 0. The van der Waals surface area contributed by atoms with Crippen LogP contribution in [0.5, 0.6) is 0 Å². The highest BCUT2D eigenvalue weighted by molar-refractivity contribution is 6.09. The number of rotatable bonds is 4. The number of hydrogen-bond acceptors (Lipinski definition) is 3. The van der Waals surface area contributed by atoms with Crippen LogP contribution in [0.4, 0.5) is 5.69 Å². The fraction of sp³-hybridized carbons (Fsp3) is 0.421. The summed E-state index contributed by atoms with van der Waals surface area (Å²) in [5, 5.41) is 2.83. The average Bonchev–Trinajstić information content (AvgIpc) is 3.25. The van der Waals surface area contributed by atoms with Gasteiger partial charge in [-0.2, -0.15) is 0 Å². The lowest BCUT2D eigenvalue weighted by Crippen LogP contribution is -2.39. The molecule has 4 rings (SSSR count). The lowest BCUT2D eigenvalue weighted by molar-refractivity contribution is -0.143. The second kappa shape index (κ2) is 5.58. The maximum atomic E-state index is 12.6. The van der Waals surface area contributed by atoms with Crippen LogP contribution in [0.2, 0.25) is 0 Å². The van der Waals surface area contributed by atoms with Gasteiger partial charge in [0.05, 0.1) is 11.8 Å². The van der Waals surface area contributed by atoms with Crippen LogP contribution in [0.25, 0.3) is 0 Å². The number of likely N-dealkylation sites (tertiary alicyclic amines) is 1. The summed E-state index contributed by atoms with van der Waals surface area (Å²) in [5.74, 6) is -0.832. The summed E-state index contributed by atoms with van der Waals surface area (Å²) in [5.41, 5.74) is 1.77. The highest BCUT2D eigenvalue weighted by atomic mass is 16.2. The summed E-state index contributed by atoms with van der Waals surface area (Å²) in [6.07, 6.45) is 5.81. The topological polar surface area (TPSA) is 66.5 Å². The van der Waals surface area contributed by atoms with Crippen LogP contribution in [0.1, 0.15) is 18.9 Å². The molecule has 1 aromatic rings. The zero-order chi connectivity index (χ0) is 16.8. The molecule has 3 aliphatic rings. The molecule has 1 saturated carbocycles. The maximum absolute atomic E-state index is 12.6. The zero-order valence-corrected chi connectivity index (χ0v) is 13.6. The monoisotopic (exact) mass is 324 g/mol. The molecule has 1 saturated heterocycles. The highest BCUT2D eigenvalue weighted by Gasteiger charge is 2.59. The molecule has 1 aromatic carbocycles. The summed E-state index contributed by atoms with van der Waals surface area (Å²) in [4.78, 5) is 38.7. The predicted molar refractivity (Wildman–Crippen MR) is 88.9 cm³/mol. The van der Waals surface area contributed by atoms with Crippen LogP contribution in [0, 0.1) is 23.7 Å². The number of imide groups is 1. The molecule has 0 radical (unpaired) electrons. The predicted octanol–water partition coefficient (Wildman–Crippen LogP) is 1.99. The van der Waals surface area contributed by atoms with E-state index in [9.17, 15) is 14.4 Å². The Morgan fingerprint density at radius 2 is 1.75 bits per heavy atom. The van der Waals surface area contributed by atoms with Crippen molar-refractivity contribution >= 4 is 23.4 Å². The number of allylic oxidation sites excluding steroid dienone is 2. The zero-order valence-electron chi connectivity index (χ0n) is 13.6. The second-order valence-electron chi connectivity index (χ2n) is 6.82. The van der Waals surface area contributed by atoms with Gasteiger partial charge in [-0.25, -0.2) is 0 Å². The fourth-order valence-electron chi connectivity index (χ4n) is 4.40. The van der Waals surface area contributed by atoms with E-state index in [1.165, 1.54) is 0 Å². The minimum absolute atomic E-state index is 0.172. The van der Waals surface area contributed by atoms with Crippen molar-refractivity contribution in [2.24, 2.45) is 23.7 Å². The normalized spacial score (nSPS) is 30.1. The molecule has 2 fully saturated rings. The van der Waals surface area contributed by atoms with Gasteiger partial charge in [-0.05, 0) is 36.3 Å². The van der Waals surface area contributed by atoms with Crippen LogP contribution in [-0.2, 0) is 20.8 Å². The quantitative estimate of drug-likeness (QED) is 0.680. The average molecular weight is 324 g/mol. The fourth-order valence-corrected chi connectivity index (χ4v) is 4.40. The van der Waals surface area contributed by atoms with Gasteiger partial charge in [0.25, 0.3) is 0 Å². The van der Waals surface area contributed by atoms with Gasteiger partial charge in [0, 0.05) is 5.69 Å². The van der Waals surface area contributed by atoms with Crippen LogP contribution in [0.15, 0.2) is 36.4 Å². The van der Waals surface area contributed by atoms with Crippen LogP contribution in [-0.4, -0.2) is 29.2 Å². The molecule has 1 N–H and O–H groups in total. The van der Waals surface area contributed by atoms with E-state index in [0.717, 1.165) is 29.0 Å². The van der Waals surface area contributed by atoms with Crippen LogP contribution < -0.4 is 5.32 Å². The number of nitrogens with zero attached hydrogens (tertiary/aromatic N) is 1. The lowest BCUT2D eigenvalue weighted by atomic mass is 9.85. The summed E-state index contributed by atoms with van der Waals surface area (Å²) < 4.78 is 0. The van der Waals surface area contributed by atoms with Gasteiger partial charge < -0.3 is 5.32 Å². The first kappa shape index (κ1) is 15.1. The molecule has 0 unspecified atom stereocenters. The number of amides is 3. The van der Waals surface area contributed by atoms with E-state index in [1.54, 1.807) is 0 Å². The molecule has 4 atom stereocenters.